The summed E-state index contributed by atoms with van der Waals surface area (Å²) in [6, 6.07) is 7.81. The highest BCUT2D eigenvalue weighted by Crippen LogP contribution is 2.26. The van der Waals surface area contributed by atoms with Crippen molar-refractivity contribution in [1.82, 2.24) is 5.32 Å². The molecule has 0 aromatic heterocycles. The van der Waals surface area contributed by atoms with Crippen LogP contribution >= 0.6 is 0 Å². The molecule has 0 bridgehead atoms. The largest absolute Gasteiger partial charge is 0.492 e. The van der Waals surface area contributed by atoms with Crippen molar-refractivity contribution in [3.63, 3.8) is 0 Å². The number of nitrogens with one attached hydrogen (secondary N) is 1. The van der Waals surface area contributed by atoms with Gasteiger partial charge in [-0.15, -0.1) is 0 Å². The van der Waals surface area contributed by atoms with Gasteiger partial charge in [0.15, 0.2) is 0 Å². The van der Waals surface area contributed by atoms with Crippen LogP contribution in [0.3, 0.4) is 0 Å². The number of carbonyl (C=O) groups excluding carboxylic acids is 1. The Hall–Kier alpha value is -1.59. The molecule has 0 spiro atoms. The number of para-hydroxylation sites is 1. The molecule has 2 rings (SSSR count). The SMILES string of the molecule is COCC(CCN)NC(=O)C1COc2ccccc2C1. The second kappa shape index (κ2) is 7.26. The molecule has 110 valence electrons. The van der Waals surface area contributed by atoms with Crippen LogP contribution in [0.2, 0.25) is 0 Å². The number of rotatable bonds is 6. The van der Waals surface area contributed by atoms with Gasteiger partial charge in [-0.2, -0.15) is 0 Å². The summed E-state index contributed by atoms with van der Waals surface area (Å²) < 4.78 is 10.7. The highest BCUT2D eigenvalue weighted by atomic mass is 16.5. The first-order valence-corrected chi connectivity index (χ1v) is 6.94. The molecule has 3 N–H and O–H groups in total. The lowest BCUT2D eigenvalue weighted by atomic mass is 9.95. The lowest BCUT2D eigenvalue weighted by Gasteiger charge is -2.26. The standard InChI is InChI=1S/C15H22N2O3/c1-19-10-13(6-7-16)17-15(18)12-8-11-4-2-3-5-14(11)20-9-12/h2-5,12-13H,6-10,16H2,1H3,(H,17,18). The number of hydrogen-bond acceptors (Lipinski definition) is 4. The predicted octanol–water partition coefficient (Wildman–Crippen LogP) is 0.718. The van der Waals surface area contributed by atoms with E-state index in [9.17, 15) is 4.79 Å². The molecule has 0 saturated carbocycles. The van der Waals surface area contributed by atoms with Gasteiger partial charge < -0.3 is 20.5 Å². The van der Waals surface area contributed by atoms with Crippen molar-refractivity contribution >= 4 is 5.91 Å². The van der Waals surface area contributed by atoms with E-state index in [0.29, 0.717) is 32.6 Å². The Morgan fingerprint density at radius 3 is 3.10 bits per heavy atom. The molecule has 2 unspecified atom stereocenters. The van der Waals surface area contributed by atoms with Gasteiger partial charge in [-0.25, -0.2) is 0 Å². The Balaban J connectivity index is 1.93. The zero-order valence-corrected chi connectivity index (χ0v) is 11.8. The highest BCUT2D eigenvalue weighted by molar-refractivity contribution is 5.79. The van der Waals surface area contributed by atoms with E-state index in [2.05, 4.69) is 5.32 Å². The minimum Gasteiger partial charge on any atom is -0.492 e. The molecule has 5 heteroatoms. The Morgan fingerprint density at radius 1 is 1.55 bits per heavy atom. The molecule has 1 amide bonds. The van der Waals surface area contributed by atoms with E-state index < -0.39 is 0 Å². The predicted molar refractivity (Wildman–Crippen MR) is 76.6 cm³/mol. The van der Waals surface area contributed by atoms with Crippen LogP contribution < -0.4 is 15.8 Å². The lowest BCUT2D eigenvalue weighted by molar-refractivity contribution is -0.127. The van der Waals surface area contributed by atoms with Crippen LogP contribution in [0.5, 0.6) is 5.75 Å². The Kier molecular flexibility index (Phi) is 5.38. The molecule has 1 aliphatic rings. The van der Waals surface area contributed by atoms with Gasteiger partial charge in [-0.1, -0.05) is 18.2 Å². The molecule has 0 fully saturated rings. The zero-order chi connectivity index (χ0) is 14.4. The van der Waals surface area contributed by atoms with E-state index in [0.717, 1.165) is 11.3 Å². The summed E-state index contributed by atoms with van der Waals surface area (Å²) >= 11 is 0. The van der Waals surface area contributed by atoms with Crippen molar-refractivity contribution in [3.8, 4) is 5.75 Å². The fraction of sp³-hybridized carbons (Fsp3) is 0.533. The van der Waals surface area contributed by atoms with Gasteiger partial charge in [-0.3, -0.25) is 4.79 Å². The summed E-state index contributed by atoms with van der Waals surface area (Å²) in [5.74, 6) is 0.740. The summed E-state index contributed by atoms with van der Waals surface area (Å²) in [5, 5.41) is 3.00. The normalized spacial score (nSPS) is 18.8. The summed E-state index contributed by atoms with van der Waals surface area (Å²) in [5.41, 5.74) is 6.63. The van der Waals surface area contributed by atoms with E-state index >= 15 is 0 Å². The first-order chi connectivity index (χ1) is 9.74. The van der Waals surface area contributed by atoms with E-state index in [4.69, 9.17) is 15.2 Å². The minimum atomic E-state index is -0.151. The van der Waals surface area contributed by atoms with Crippen molar-refractivity contribution in [3.05, 3.63) is 29.8 Å². The van der Waals surface area contributed by atoms with Crippen LogP contribution in [0.4, 0.5) is 0 Å². The van der Waals surface area contributed by atoms with Gasteiger partial charge in [0.05, 0.1) is 18.6 Å². The van der Waals surface area contributed by atoms with Crippen LogP contribution in [-0.2, 0) is 16.0 Å². The number of methoxy groups -OCH3 is 1. The Labute approximate surface area is 119 Å². The number of amides is 1. The molecular formula is C15H22N2O3. The topological polar surface area (TPSA) is 73.6 Å². The molecule has 1 aromatic rings. The zero-order valence-electron chi connectivity index (χ0n) is 11.8. The number of nitrogens with two attached hydrogens (primary N) is 1. The fourth-order valence-electron chi connectivity index (χ4n) is 2.41. The molecule has 20 heavy (non-hydrogen) atoms. The first-order valence-electron chi connectivity index (χ1n) is 6.94. The summed E-state index contributed by atoms with van der Waals surface area (Å²) in [7, 11) is 1.62. The molecule has 0 saturated heterocycles. The maximum atomic E-state index is 12.3. The smallest absolute Gasteiger partial charge is 0.227 e. The molecule has 2 atom stereocenters. The second-order valence-electron chi connectivity index (χ2n) is 5.06. The number of ether oxygens (including phenoxy) is 2. The van der Waals surface area contributed by atoms with Crippen LogP contribution in [0.25, 0.3) is 0 Å². The van der Waals surface area contributed by atoms with E-state index in [-0.39, 0.29) is 17.9 Å². The molecule has 0 aliphatic carbocycles. The Morgan fingerprint density at radius 2 is 2.35 bits per heavy atom. The molecule has 1 aromatic carbocycles. The van der Waals surface area contributed by atoms with Gasteiger partial charge in [-0.05, 0) is 31.0 Å². The van der Waals surface area contributed by atoms with E-state index in [1.54, 1.807) is 7.11 Å². The molecular weight excluding hydrogens is 256 g/mol. The third-order valence-corrected chi connectivity index (χ3v) is 3.48. The van der Waals surface area contributed by atoms with Crippen LogP contribution in [0, 0.1) is 5.92 Å². The van der Waals surface area contributed by atoms with E-state index in [1.165, 1.54) is 0 Å². The summed E-state index contributed by atoms with van der Waals surface area (Å²) in [6.07, 6.45) is 1.42. The maximum Gasteiger partial charge on any atom is 0.227 e. The van der Waals surface area contributed by atoms with Gasteiger partial charge >= 0.3 is 0 Å². The highest BCUT2D eigenvalue weighted by Gasteiger charge is 2.27. The average Bonchev–Trinajstić information content (AvgIpc) is 2.47. The minimum absolute atomic E-state index is 0.00926. The third-order valence-electron chi connectivity index (χ3n) is 3.48. The van der Waals surface area contributed by atoms with Crippen molar-refractivity contribution in [1.29, 1.82) is 0 Å². The number of fused-ring (bicyclic) bond motifs is 1. The molecule has 1 heterocycles. The van der Waals surface area contributed by atoms with Crippen molar-refractivity contribution < 1.29 is 14.3 Å². The fourth-order valence-corrected chi connectivity index (χ4v) is 2.41. The average molecular weight is 278 g/mol. The van der Waals surface area contributed by atoms with Gasteiger partial charge in [0.25, 0.3) is 0 Å². The second-order valence-corrected chi connectivity index (χ2v) is 5.06. The lowest BCUT2D eigenvalue weighted by Crippen LogP contribution is -2.45. The monoisotopic (exact) mass is 278 g/mol. The maximum absolute atomic E-state index is 12.3. The van der Waals surface area contributed by atoms with Gasteiger partial charge in [0.1, 0.15) is 12.4 Å². The van der Waals surface area contributed by atoms with Crippen molar-refractivity contribution in [2.45, 2.75) is 18.9 Å². The van der Waals surface area contributed by atoms with Crippen LogP contribution in [0.15, 0.2) is 24.3 Å². The van der Waals surface area contributed by atoms with E-state index in [1.807, 2.05) is 24.3 Å². The quantitative estimate of drug-likeness (QED) is 0.804. The van der Waals surface area contributed by atoms with Crippen molar-refractivity contribution in [2.24, 2.45) is 11.7 Å². The van der Waals surface area contributed by atoms with Gasteiger partial charge in [0, 0.05) is 7.11 Å². The molecule has 5 nitrogen and oxygen atoms in total. The van der Waals surface area contributed by atoms with Gasteiger partial charge in [0.2, 0.25) is 5.91 Å². The number of carbonyl (C=O) groups is 1. The first kappa shape index (κ1) is 14.8. The third kappa shape index (κ3) is 3.71. The molecule has 0 radical (unpaired) electrons. The van der Waals surface area contributed by atoms with Crippen LogP contribution in [0.1, 0.15) is 12.0 Å². The number of benzene rings is 1. The number of hydrogen-bond donors (Lipinski definition) is 2. The summed E-state index contributed by atoms with van der Waals surface area (Å²) in [6.45, 7) is 1.43. The van der Waals surface area contributed by atoms with Crippen LogP contribution in [-0.4, -0.2) is 38.8 Å². The van der Waals surface area contributed by atoms with Crippen molar-refractivity contribution in [2.75, 3.05) is 26.9 Å². The summed E-state index contributed by atoms with van der Waals surface area (Å²) in [4.78, 5) is 12.3. The molecule has 1 aliphatic heterocycles. The Bertz CT molecular complexity index is 444.